The molecule has 9 nitrogen and oxygen atoms in total. The fourth-order valence-electron chi connectivity index (χ4n) is 2.69. The normalized spacial score (nSPS) is 12.2. The smallest absolute Gasteiger partial charge is 0.408 e. The zero-order chi connectivity index (χ0) is 24.3. The van der Waals surface area contributed by atoms with E-state index in [1.54, 1.807) is 46.1 Å². The first kappa shape index (κ1) is 25.7. The van der Waals surface area contributed by atoms with Crippen LogP contribution in [0.4, 0.5) is 4.79 Å². The molecular formula is C24H31N3O6. The van der Waals surface area contributed by atoms with E-state index in [1.165, 1.54) is 13.3 Å². The summed E-state index contributed by atoms with van der Waals surface area (Å²) in [5, 5.41) is 6.52. The molecule has 1 atom stereocenters. The number of carbonyl (C=O) groups is 2. The Morgan fingerprint density at radius 1 is 1.06 bits per heavy atom. The fraction of sp³-hybridized carbons (Fsp3) is 0.375. The van der Waals surface area contributed by atoms with Crippen molar-refractivity contribution in [3.63, 3.8) is 0 Å². The van der Waals surface area contributed by atoms with Crippen molar-refractivity contribution in [1.82, 2.24) is 10.7 Å². The Morgan fingerprint density at radius 2 is 1.79 bits per heavy atom. The van der Waals surface area contributed by atoms with E-state index in [0.717, 1.165) is 5.56 Å². The Morgan fingerprint density at radius 3 is 2.42 bits per heavy atom. The average Bonchev–Trinajstić information content (AvgIpc) is 2.77. The third-order valence-electron chi connectivity index (χ3n) is 4.22. The van der Waals surface area contributed by atoms with Gasteiger partial charge < -0.3 is 24.3 Å². The Bertz CT molecular complexity index is 941. The summed E-state index contributed by atoms with van der Waals surface area (Å²) in [6.07, 6.45) is 0.693. The fourth-order valence-corrected chi connectivity index (χ4v) is 2.69. The van der Waals surface area contributed by atoms with E-state index in [9.17, 15) is 9.59 Å². The van der Waals surface area contributed by atoms with Crippen LogP contribution in [0.3, 0.4) is 0 Å². The maximum Gasteiger partial charge on any atom is 0.408 e. The summed E-state index contributed by atoms with van der Waals surface area (Å²) < 4.78 is 21.4. The monoisotopic (exact) mass is 457 g/mol. The summed E-state index contributed by atoms with van der Waals surface area (Å²) in [6.45, 7) is 5.42. The van der Waals surface area contributed by atoms with E-state index in [2.05, 4.69) is 15.8 Å². The Labute approximate surface area is 194 Å². The van der Waals surface area contributed by atoms with E-state index >= 15 is 0 Å². The van der Waals surface area contributed by atoms with Crippen molar-refractivity contribution < 1.29 is 28.5 Å². The van der Waals surface area contributed by atoms with Crippen LogP contribution in [0.25, 0.3) is 0 Å². The van der Waals surface area contributed by atoms with Gasteiger partial charge in [0.25, 0.3) is 5.91 Å². The van der Waals surface area contributed by atoms with Crippen LogP contribution >= 0.6 is 0 Å². The number of benzene rings is 2. The van der Waals surface area contributed by atoms with Crippen LogP contribution in [0.5, 0.6) is 11.5 Å². The number of ether oxygens (including phenoxy) is 4. The zero-order valence-corrected chi connectivity index (χ0v) is 19.6. The van der Waals surface area contributed by atoms with Crippen molar-refractivity contribution >= 4 is 18.2 Å². The minimum Gasteiger partial charge on any atom is -0.497 e. The first-order valence-corrected chi connectivity index (χ1v) is 10.4. The highest BCUT2D eigenvalue weighted by molar-refractivity contribution is 5.88. The number of amides is 2. The lowest BCUT2D eigenvalue weighted by atomic mass is 10.2. The summed E-state index contributed by atoms with van der Waals surface area (Å²) in [4.78, 5) is 24.9. The van der Waals surface area contributed by atoms with Gasteiger partial charge in [-0.25, -0.2) is 10.2 Å². The predicted molar refractivity (Wildman–Crippen MR) is 125 cm³/mol. The summed E-state index contributed by atoms with van der Waals surface area (Å²) in [7, 11) is 3.08. The van der Waals surface area contributed by atoms with E-state index < -0.39 is 23.6 Å². The van der Waals surface area contributed by atoms with Crippen LogP contribution in [-0.2, 0) is 20.9 Å². The minimum absolute atomic E-state index is 0.0715. The van der Waals surface area contributed by atoms with Crippen LogP contribution in [-0.4, -0.2) is 50.7 Å². The third-order valence-corrected chi connectivity index (χ3v) is 4.22. The molecule has 178 valence electrons. The molecule has 0 bridgehead atoms. The molecule has 0 unspecified atom stereocenters. The van der Waals surface area contributed by atoms with Gasteiger partial charge in [0.05, 0.1) is 33.6 Å². The van der Waals surface area contributed by atoms with Gasteiger partial charge >= 0.3 is 6.09 Å². The van der Waals surface area contributed by atoms with E-state index in [4.69, 9.17) is 18.9 Å². The lowest BCUT2D eigenvalue weighted by Gasteiger charge is -2.22. The van der Waals surface area contributed by atoms with Crippen LogP contribution in [0.2, 0.25) is 0 Å². The summed E-state index contributed by atoms with van der Waals surface area (Å²) in [5.41, 5.74) is 3.26. The SMILES string of the molecule is COc1ccc(OC)c(/C=N\NC(=O)[C@H](COCc2ccccc2)NC(=O)OC(C)(C)C)c1. The number of rotatable bonds is 10. The van der Waals surface area contributed by atoms with Gasteiger partial charge in [-0.05, 0) is 44.5 Å². The molecule has 0 fully saturated rings. The first-order chi connectivity index (χ1) is 15.7. The summed E-state index contributed by atoms with van der Waals surface area (Å²) in [6, 6.07) is 13.7. The Balaban J connectivity index is 2.05. The second-order valence-electron chi connectivity index (χ2n) is 8.04. The van der Waals surface area contributed by atoms with Crippen molar-refractivity contribution in [3.05, 3.63) is 59.7 Å². The van der Waals surface area contributed by atoms with Crippen molar-refractivity contribution in [2.75, 3.05) is 20.8 Å². The number of hydrazone groups is 1. The van der Waals surface area contributed by atoms with Crippen LogP contribution < -0.4 is 20.2 Å². The van der Waals surface area contributed by atoms with Crippen LogP contribution in [0.1, 0.15) is 31.9 Å². The molecule has 2 aromatic carbocycles. The van der Waals surface area contributed by atoms with Gasteiger partial charge in [-0.1, -0.05) is 30.3 Å². The quantitative estimate of drug-likeness (QED) is 0.419. The highest BCUT2D eigenvalue weighted by atomic mass is 16.6. The highest BCUT2D eigenvalue weighted by Gasteiger charge is 2.24. The average molecular weight is 458 g/mol. The van der Waals surface area contributed by atoms with Gasteiger partial charge in [0.15, 0.2) is 0 Å². The highest BCUT2D eigenvalue weighted by Crippen LogP contribution is 2.22. The molecule has 2 aromatic rings. The second-order valence-corrected chi connectivity index (χ2v) is 8.04. The molecule has 33 heavy (non-hydrogen) atoms. The van der Waals surface area contributed by atoms with E-state index in [-0.39, 0.29) is 13.2 Å². The van der Waals surface area contributed by atoms with E-state index in [1.807, 2.05) is 30.3 Å². The molecule has 2 N–H and O–H groups in total. The zero-order valence-electron chi connectivity index (χ0n) is 19.6. The lowest BCUT2D eigenvalue weighted by Crippen LogP contribution is -2.49. The third kappa shape index (κ3) is 9.20. The molecule has 2 amide bonds. The van der Waals surface area contributed by atoms with Gasteiger partial charge in [0.2, 0.25) is 0 Å². The second kappa shape index (κ2) is 12.4. The summed E-state index contributed by atoms with van der Waals surface area (Å²) in [5.74, 6) is 0.609. The van der Waals surface area contributed by atoms with Crippen molar-refractivity contribution in [2.24, 2.45) is 5.10 Å². The molecule has 2 rings (SSSR count). The molecular weight excluding hydrogens is 426 g/mol. The van der Waals surface area contributed by atoms with Gasteiger partial charge in [0, 0.05) is 5.56 Å². The number of hydrogen-bond donors (Lipinski definition) is 2. The van der Waals surface area contributed by atoms with Gasteiger partial charge in [0.1, 0.15) is 23.1 Å². The number of nitrogens with zero attached hydrogens (tertiary/aromatic N) is 1. The number of alkyl carbamates (subject to hydrolysis) is 1. The van der Waals surface area contributed by atoms with Crippen molar-refractivity contribution in [2.45, 2.75) is 39.0 Å². The predicted octanol–water partition coefficient (Wildman–Crippen LogP) is 3.26. The maximum absolute atomic E-state index is 12.7. The van der Waals surface area contributed by atoms with Crippen molar-refractivity contribution in [3.8, 4) is 11.5 Å². The molecule has 0 aliphatic carbocycles. The molecule has 0 saturated heterocycles. The molecule has 0 saturated carbocycles. The molecule has 0 radical (unpaired) electrons. The molecule has 0 spiro atoms. The maximum atomic E-state index is 12.7. The largest absolute Gasteiger partial charge is 0.497 e. The molecule has 0 aliphatic rings. The molecule has 0 aliphatic heterocycles. The molecule has 9 heteroatoms. The number of nitrogens with one attached hydrogen (secondary N) is 2. The number of carbonyl (C=O) groups excluding carboxylic acids is 2. The number of hydrogen-bond acceptors (Lipinski definition) is 7. The van der Waals surface area contributed by atoms with E-state index in [0.29, 0.717) is 17.1 Å². The standard InChI is InChI=1S/C24H31N3O6/c1-24(2,3)33-23(29)26-20(16-32-15-17-9-7-6-8-10-17)22(28)27-25-14-18-13-19(30-4)11-12-21(18)31-5/h6-14,20H,15-16H2,1-5H3,(H,26,29)(H,27,28)/b25-14-/t20-/m0/s1. The van der Waals surface area contributed by atoms with Crippen molar-refractivity contribution in [1.29, 1.82) is 0 Å². The van der Waals surface area contributed by atoms with Crippen LogP contribution in [0, 0.1) is 0 Å². The van der Waals surface area contributed by atoms with Gasteiger partial charge in [-0.15, -0.1) is 0 Å². The Kier molecular flexibility index (Phi) is 9.68. The first-order valence-electron chi connectivity index (χ1n) is 10.4. The summed E-state index contributed by atoms with van der Waals surface area (Å²) >= 11 is 0. The van der Waals surface area contributed by atoms with Gasteiger partial charge in [-0.3, -0.25) is 4.79 Å². The topological polar surface area (TPSA) is 107 Å². The lowest BCUT2D eigenvalue weighted by molar-refractivity contribution is -0.124. The molecule has 0 aromatic heterocycles. The van der Waals surface area contributed by atoms with Gasteiger partial charge in [-0.2, -0.15) is 5.10 Å². The number of methoxy groups -OCH3 is 2. The molecule has 0 heterocycles. The Hall–Kier alpha value is -3.59. The minimum atomic E-state index is -1.02. The van der Waals surface area contributed by atoms with Crippen LogP contribution in [0.15, 0.2) is 53.6 Å².